The van der Waals surface area contributed by atoms with Crippen LogP contribution in [0.25, 0.3) is 0 Å². The SMILES string of the molecule is COCCNCC1CCCCN1S(N)(=O)=O. The molecular weight excluding hydrogens is 230 g/mol. The van der Waals surface area contributed by atoms with Crippen LogP contribution in [0.15, 0.2) is 0 Å². The summed E-state index contributed by atoms with van der Waals surface area (Å²) in [7, 11) is -1.92. The van der Waals surface area contributed by atoms with E-state index in [9.17, 15) is 8.42 Å². The first-order chi connectivity index (χ1) is 7.55. The summed E-state index contributed by atoms with van der Waals surface area (Å²) in [6, 6.07) is -0.0133. The number of piperidine rings is 1. The third-order valence-electron chi connectivity index (χ3n) is 2.76. The average molecular weight is 251 g/mol. The van der Waals surface area contributed by atoms with Crippen LogP contribution < -0.4 is 10.5 Å². The van der Waals surface area contributed by atoms with E-state index in [1.54, 1.807) is 7.11 Å². The summed E-state index contributed by atoms with van der Waals surface area (Å²) in [6.07, 6.45) is 2.82. The lowest BCUT2D eigenvalue weighted by Gasteiger charge is -2.33. The lowest BCUT2D eigenvalue weighted by atomic mass is 10.1. The van der Waals surface area contributed by atoms with Gasteiger partial charge >= 0.3 is 0 Å². The van der Waals surface area contributed by atoms with Crippen LogP contribution >= 0.6 is 0 Å². The van der Waals surface area contributed by atoms with Crippen molar-refractivity contribution < 1.29 is 13.2 Å². The number of rotatable bonds is 6. The second-order valence-electron chi connectivity index (χ2n) is 4.00. The molecule has 6 nitrogen and oxygen atoms in total. The molecule has 7 heteroatoms. The van der Waals surface area contributed by atoms with E-state index < -0.39 is 10.2 Å². The van der Waals surface area contributed by atoms with Gasteiger partial charge in [-0.05, 0) is 12.8 Å². The number of nitrogens with two attached hydrogens (primary N) is 1. The average Bonchev–Trinajstić information content (AvgIpc) is 2.24. The van der Waals surface area contributed by atoms with Crippen LogP contribution in [-0.4, -0.2) is 52.1 Å². The fraction of sp³-hybridized carbons (Fsp3) is 1.00. The van der Waals surface area contributed by atoms with Crippen LogP contribution in [0.1, 0.15) is 19.3 Å². The molecule has 1 saturated heterocycles. The van der Waals surface area contributed by atoms with Crippen molar-refractivity contribution in [2.75, 3.05) is 33.4 Å². The molecular formula is C9H21N3O3S. The number of hydrogen-bond donors (Lipinski definition) is 2. The largest absolute Gasteiger partial charge is 0.383 e. The van der Waals surface area contributed by atoms with Crippen LogP contribution in [-0.2, 0) is 14.9 Å². The highest BCUT2D eigenvalue weighted by molar-refractivity contribution is 7.86. The summed E-state index contributed by atoms with van der Waals surface area (Å²) in [5.41, 5.74) is 0. The molecule has 1 aliphatic heterocycles. The zero-order valence-corrected chi connectivity index (χ0v) is 10.5. The van der Waals surface area contributed by atoms with Gasteiger partial charge in [0.25, 0.3) is 10.2 Å². The zero-order valence-electron chi connectivity index (χ0n) is 9.68. The minimum atomic E-state index is -3.56. The van der Waals surface area contributed by atoms with Gasteiger partial charge in [-0.2, -0.15) is 12.7 Å². The van der Waals surface area contributed by atoms with E-state index in [1.165, 1.54) is 4.31 Å². The maximum atomic E-state index is 11.3. The maximum Gasteiger partial charge on any atom is 0.277 e. The van der Waals surface area contributed by atoms with Gasteiger partial charge in [0.2, 0.25) is 0 Å². The Morgan fingerprint density at radius 3 is 2.88 bits per heavy atom. The Morgan fingerprint density at radius 2 is 2.25 bits per heavy atom. The third kappa shape index (κ3) is 4.34. The summed E-state index contributed by atoms with van der Waals surface area (Å²) in [5.74, 6) is 0. The quantitative estimate of drug-likeness (QED) is 0.610. The second kappa shape index (κ2) is 6.51. The van der Waals surface area contributed by atoms with E-state index in [0.29, 0.717) is 19.7 Å². The van der Waals surface area contributed by atoms with Crippen molar-refractivity contribution in [3.63, 3.8) is 0 Å². The molecule has 96 valence electrons. The third-order valence-corrected chi connectivity index (χ3v) is 3.90. The summed E-state index contributed by atoms with van der Waals surface area (Å²) in [6.45, 7) is 2.53. The molecule has 0 aliphatic carbocycles. The smallest absolute Gasteiger partial charge is 0.277 e. The van der Waals surface area contributed by atoms with Gasteiger partial charge in [0.05, 0.1) is 6.61 Å². The highest BCUT2D eigenvalue weighted by Crippen LogP contribution is 2.18. The van der Waals surface area contributed by atoms with Gasteiger partial charge in [-0.3, -0.25) is 0 Å². The molecule has 0 aromatic rings. The van der Waals surface area contributed by atoms with E-state index >= 15 is 0 Å². The van der Waals surface area contributed by atoms with Crippen LogP contribution in [0.3, 0.4) is 0 Å². The van der Waals surface area contributed by atoms with E-state index in [4.69, 9.17) is 9.88 Å². The number of methoxy groups -OCH3 is 1. The first-order valence-corrected chi connectivity index (χ1v) is 7.05. The summed E-state index contributed by atoms with van der Waals surface area (Å²) in [4.78, 5) is 0. The Bertz CT molecular complexity index is 294. The molecule has 16 heavy (non-hydrogen) atoms. The Morgan fingerprint density at radius 1 is 1.50 bits per heavy atom. The second-order valence-corrected chi connectivity index (χ2v) is 5.50. The highest BCUT2D eigenvalue weighted by Gasteiger charge is 2.29. The van der Waals surface area contributed by atoms with Gasteiger partial charge < -0.3 is 10.1 Å². The van der Waals surface area contributed by atoms with E-state index in [1.807, 2.05) is 0 Å². The van der Waals surface area contributed by atoms with Crippen LogP contribution in [0.4, 0.5) is 0 Å². The first kappa shape index (κ1) is 13.9. The predicted octanol–water partition coefficient (Wildman–Crippen LogP) is -0.720. The Kier molecular flexibility index (Phi) is 5.63. The van der Waals surface area contributed by atoms with Crippen LogP contribution in [0.5, 0.6) is 0 Å². The number of nitrogens with one attached hydrogen (secondary N) is 1. The molecule has 1 fully saturated rings. The molecule has 0 aromatic carbocycles. The number of nitrogens with zero attached hydrogens (tertiary/aromatic N) is 1. The van der Waals surface area contributed by atoms with Crippen molar-refractivity contribution >= 4 is 10.2 Å². The van der Waals surface area contributed by atoms with Gasteiger partial charge in [-0.1, -0.05) is 6.42 Å². The number of ether oxygens (including phenoxy) is 1. The fourth-order valence-electron chi connectivity index (χ4n) is 1.96. The van der Waals surface area contributed by atoms with Gasteiger partial charge in [-0.15, -0.1) is 0 Å². The van der Waals surface area contributed by atoms with Crippen molar-refractivity contribution in [3.05, 3.63) is 0 Å². The van der Waals surface area contributed by atoms with Gasteiger partial charge in [0.15, 0.2) is 0 Å². The minimum absolute atomic E-state index is 0.0133. The lowest BCUT2D eigenvalue weighted by Crippen LogP contribution is -2.51. The summed E-state index contributed by atoms with van der Waals surface area (Å²) in [5, 5.41) is 8.35. The molecule has 1 heterocycles. The molecule has 1 unspecified atom stereocenters. The normalized spacial score (nSPS) is 23.5. The van der Waals surface area contributed by atoms with E-state index in [0.717, 1.165) is 25.8 Å². The monoisotopic (exact) mass is 251 g/mol. The van der Waals surface area contributed by atoms with Crippen LogP contribution in [0.2, 0.25) is 0 Å². The molecule has 0 radical (unpaired) electrons. The Balaban J connectivity index is 2.42. The Labute approximate surface area is 97.3 Å². The molecule has 3 N–H and O–H groups in total. The van der Waals surface area contributed by atoms with Crippen LogP contribution in [0, 0.1) is 0 Å². The predicted molar refractivity (Wildman–Crippen MR) is 62.2 cm³/mol. The summed E-state index contributed by atoms with van der Waals surface area (Å²) >= 11 is 0. The first-order valence-electron chi connectivity index (χ1n) is 5.55. The summed E-state index contributed by atoms with van der Waals surface area (Å²) < 4.78 is 29.0. The van der Waals surface area contributed by atoms with Gasteiger partial charge in [0, 0.05) is 32.8 Å². The Hall–Kier alpha value is -0.210. The molecule has 1 rings (SSSR count). The van der Waals surface area contributed by atoms with Crippen molar-refractivity contribution in [3.8, 4) is 0 Å². The highest BCUT2D eigenvalue weighted by atomic mass is 32.2. The molecule has 1 atom stereocenters. The van der Waals surface area contributed by atoms with Gasteiger partial charge in [0.1, 0.15) is 0 Å². The van der Waals surface area contributed by atoms with Crippen molar-refractivity contribution in [1.82, 2.24) is 9.62 Å². The van der Waals surface area contributed by atoms with E-state index in [-0.39, 0.29) is 6.04 Å². The molecule has 1 aliphatic rings. The molecule has 0 spiro atoms. The molecule has 0 amide bonds. The van der Waals surface area contributed by atoms with E-state index in [2.05, 4.69) is 5.32 Å². The number of hydrogen-bond acceptors (Lipinski definition) is 4. The van der Waals surface area contributed by atoms with Gasteiger partial charge in [-0.25, -0.2) is 5.14 Å². The minimum Gasteiger partial charge on any atom is -0.383 e. The topological polar surface area (TPSA) is 84.7 Å². The maximum absolute atomic E-state index is 11.3. The van der Waals surface area contributed by atoms with Crippen molar-refractivity contribution in [2.24, 2.45) is 5.14 Å². The molecule has 0 saturated carbocycles. The van der Waals surface area contributed by atoms with Crippen molar-refractivity contribution in [1.29, 1.82) is 0 Å². The molecule has 0 aromatic heterocycles. The zero-order chi connectivity index (χ0) is 12.0. The fourth-order valence-corrected chi connectivity index (χ4v) is 2.94. The lowest BCUT2D eigenvalue weighted by molar-refractivity contribution is 0.191. The van der Waals surface area contributed by atoms with Crippen molar-refractivity contribution in [2.45, 2.75) is 25.3 Å². The standard InChI is InChI=1S/C9H21N3O3S/c1-15-7-5-11-8-9-4-2-3-6-12(9)16(10,13)14/h9,11H,2-8H2,1H3,(H2,10,13,14). The molecule has 0 bridgehead atoms.